The fraction of sp³-hybridized carbons (Fsp3) is 0.235. The third-order valence-electron chi connectivity index (χ3n) is 3.63. The maximum Gasteiger partial charge on any atom is 0.326 e. The van der Waals surface area contributed by atoms with Gasteiger partial charge in [0.2, 0.25) is 0 Å². The van der Waals surface area contributed by atoms with Crippen LogP contribution in [0.4, 0.5) is 16.2 Å². The van der Waals surface area contributed by atoms with Gasteiger partial charge >= 0.3 is 6.03 Å². The quantitative estimate of drug-likeness (QED) is 0.763. The molecular formula is C17H17BrN2OS. The normalized spacial score (nSPS) is 17.0. The molecule has 2 aromatic carbocycles. The van der Waals surface area contributed by atoms with Crippen LogP contribution in [0.25, 0.3) is 0 Å². The van der Waals surface area contributed by atoms with Gasteiger partial charge in [0, 0.05) is 26.9 Å². The second-order valence-electron chi connectivity index (χ2n) is 5.16. The van der Waals surface area contributed by atoms with Crippen LogP contribution in [-0.4, -0.2) is 17.8 Å². The van der Waals surface area contributed by atoms with Crippen LogP contribution in [0, 0.1) is 0 Å². The molecule has 0 fully saturated rings. The monoisotopic (exact) mass is 376 g/mol. The Morgan fingerprint density at radius 3 is 2.73 bits per heavy atom. The Kier molecular flexibility index (Phi) is 4.74. The van der Waals surface area contributed by atoms with Crippen molar-refractivity contribution in [3.63, 3.8) is 0 Å². The molecule has 0 unspecified atom stereocenters. The predicted molar refractivity (Wildman–Crippen MR) is 96.9 cm³/mol. The van der Waals surface area contributed by atoms with E-state index >= 15 is 0 Å². The molecule has 3 rings (SSSR count). The number of benzene rings is 2. The molecule has 2 aromatic rings. The van der Waals surface area contributed by atoms with Crippen LogP contribution in [-0.2, 0) is 0 Å². The average Bonchev–Trinajstić information content (AvgIpc) is 2.55. The number of anilines is 2. The van der Waals surface area contributed by atoms with Crippen molar-refractivity contribution in [3.05, 3.63) is 53.0 Å². The lowest BCUT2D eigenvalue weighted by molar-refractivity contribution is 0.256. The Morgan fingerprint density at radius 1 is 1.27 bits per heavy atom. The molecule has 114 valence electrons. The van der Waals surface area contributed by atoms with Crippen molar-refractivity contribution in [2.45, 2.75) is 23.5 Å². The molecule has 0 spiro atoms. The van der Waals surface area contributed by atoms with Crippen molar-refractivity contribution >= 4 is 45.1 Å². The highest BCUT2D eigenvalue weighted by Gasteiger charge is 2.28. The first-order valence-corrected chi connectivity index (χ1v) is 8.94. The maximum atomic E-state index is 12.7. The Bertz CT molecular complexity index is 675. The van der Waals surface area contributed by atoms with Crippen LogP contribution >= 0.6 is 27.7 Å². The first-order valence-electron chi connectivity index (χ1n) is 7.27. The Hall–Kier alpha value is -1.46. The van der Waals surface area contributed by atoms with Crippen LogP contribution in [0.3, 0.4) is 0 Å². The molecule has 1 heterocycles. The number of hydrogen-bond acceptors (Lipinski definition) is 2. The van der Waals surface area contributed by atoms with Gasteiger partial charge in [-0.05, 0) is 42.8 Å². The summed E-state index contributed by atoms with van der Waals surface area (Å²) in [6.45, 7) is 2.90. The van der Waals surface area contributed by atoms with Gasteiger partial charge in [0.25, 0.3) is 0 Å². The molecule has 0 aromatic heterocycles. The van der Waals surface area contributed by atoms with E-state index in [0.717, 1.165) is 28.8 Å². The number of rotatable bonds is 2. The number of fused-ring (bicyclic) bond motifs is 1. The van der Waals surface area contributed by atoms with E-state index in [1.165, 1.54) is 4.90 Å². The number of para-hydroxylation sites is 1. The molecule has 1 aliphatic rings. The van der Waals surface area contributed by atoms with E-state index in [4.69, 9.17) is 0 Å². The molecule has 1 aliphatic heterocycles. The Balaban J connectivity index is 1.83. The number of halogens is 1. The number of urea groups is 1. The van der Waals surface area contributed by atoms with Crippen LogP contribution in [0.2, 0.25) is 0 Å². The van der Waals surface area contributed by atoms with Crippen LogP contribution in [0.1, 0.15) is 13.3 Å². The summed E-state index contributed by atoms with van der Waals surface area (Å²) in [4.78, 5) is 15.7. The van der Waals surface area contributed by atoms with E-state index in [1.807, 2.05) is 59.1 Å². The van der Waals surface area contributed by atoms with Gasteiger partial charge in [-0.2, -0.15) is 0 Å². The summed E-state index contributed by atoms with van der Waals surface area (Å²) in [6, 6.07) is 15.6. The molecule has 2 amide bonds. The molecule has 3 nitrogen and oxygen atoms in total. The molecule has 0 saturated heterocycles. The summed E-state index contributed by atoms with van der Waals surface area (Å²) in [7, 11) is 0. The molecule has 22 heavy (non-hydrogen) atoms. The van der Waals surface area contributed by atoms with Crippen LogP contribution in [0.15, 0.2) is 57.9 Å². The SMILES string of the molecule is CC[C@@H]1CN(C(=O)Nc2ccc(Br)cc2)c2ccccc2S1. The van der Waals surface area contributed by atoms with Gasteiger partial charge in [-0.25, -0.2) is 4.79 Å². The lowest BCUT2D eigenvalue weighted by Gasteiger charge is -2.33. The smallest absolute Gasteiger partial charge is 0.308 e. The minimum Gasteiger partial charge on any atom is -0.308 e. The second-order valence-corrected chi connectivity index (χ2v) is 7.42. The Labute approximate surface area is 143 Å². The van der Waals surface area contributed by atoms with Crippen molar-refractivity contribution in [2.75, 3.05) is 16.8 Å². The number of amides is 2. The fourth-order valence-corrected chi connectivity index (χ4v) is 3.90. The van der Waals surface area contributed by atoms with Crippen LogP contribution < -0.4 is 10.2 Å². The maximum absolute atomic E-state index is 12.7. The zero-order chi connectivity index (χ0) is 15.5. The van der Waals surface area contributed by atoms with Crippen LogP contribution in [0.5, 0.6) is 0 Å². The summed E-state index contributed by atoms with van der Waals surface area (Å²) in [5.41, 5.74) is 1.80. The molecular weight excluding hydrogens is 360 g/mol. The van der Waals surface area contributed by atoms with Crippen molar-refractivity contribution in [1.82, 2.24) is 0 Å². The Morgan fingerprint density at radius 2 is 2.00 bits per heavy atom. The zero-order valence-electron chi connectivity index (χ0n) is 12.3. The van der Waals surface area contributed by atoms with Gasteiger partial charge < -0.3 is 5.32 Å². The van der Waals surface area contributed by atoms with E-state index in [-0.39, 0.29) is 6.03 Å². The number of thioether (sulfide) groups is 1. The highest BCUT2D eigenvalue weighted by molar-refractivity contribution is 9.10. The van der Waals surface area contributed by atoms with E-state index < -0.39 is 0 Å². The van der Waals surface area contributed by atoms with Gasteiger partial charge in [-0.1, -0.05) is 35.0 Å². The predicted octanol–water partition coefficient (Wildman–Crippen LogP) is 5.37. The third kappa shape index (κ3) is 3.31. The molecule has 1 N–H and O–H groups in total. The van der Waals surface area contributed by atoms with Crippen molar-refractivity contribution in [2.24, 2.45) is 0 Å². The standard InChI is InChI=1S/C17H17BrN2OS/c1-2-14-11-20(15-5-3-4-6-16(15)22-14)17(21)19-13-9-7-12(18)8-10-13/h3-10,14H,2,11H2,1H3,(H,19,21)/t14-/m1/s1. The highest BCUT2D eigenvalue weighted by Crippen LogP contribution is 2.39. The minimum absolute atomic E-state index is 0.0754. The van der Waals surface area contributed by atoms with Crippen molar-refractivity contribution < 1.29 is 4.79 Å². The summed E-state index contributed by atoms with van der Waals surface area (Å²) in [6.07, 6.45) is 1.04. The molecule has 5 heteroatoms. The van der Waals surface area contributed by atoms with Gasteiger partial charge in [0.05, 0.1) is 5.69 Å². The number of nitrogens with one attached hydrogen (secondary N) is 1. The zero-order valence-corrected chi connectivity index (χ0v) is 14.7. The second kappa shape index (κ2) is 6.75. The summed E-state index contributed by atoms with van der Waals surface area (Å²) >= 11 is 5.26. The first kappa shape index (κ1) is 15.4. The molecule has 0 bridgehead atoms. The van der Waals surface area contributed by atoms with Crippen molar-refractivity contribution in [1.29, 1.82) is 0 Å². The van der Waals surface area contributed by atoms with E-state index in [1.54, 1.807) is 0 Å². The van der Waals surface area contributed by atoms with Gasteiger partial charge in [0.15, 0.2) is 0 Å². The molecule has 0 aliphatic carbocycles. The summed E-state index contributed by atoms with van der Waals surface area (Å²) in [5.74, 6) is 0. The van der Waals surface area contributed by atoms with Crippen molar-refractivity contribution in [3.8, 4) is 0 Å². The van der Waals surface area contributed by atoms with E-state index in [9.17, 15) is 4.79 Å². The van der Waals surface area contributed by atoms with Gasteiger partial charge in [-0.15, -0.1) is 11.8 Å². The topological polar surface area (TPSA) is 32.3 Å². The summed E-state index contributed by atoms with van der Waals surface area (Å²) in [5, 5.41) is 3.42. The first-order chi connectivity index (χ1) is 10.7. The lowest BCUT2D eigenvalue weighted by Crippen LogP contribution is -2.41. The molecule has 1 atom stereocenters. The van der Waals surface area contributed by atoms with Gasteiger partial charge in [0.1, 0.15) is 0 Å². The number of nitrogens with zero attached hydrogens (tertiary/aromatic N) is 1. The molecule has 0 saturated carbocycles. The third-order valence-corrected chi connectivity index (χ3v) is 5.58. The summed E-state index contributed by atoms with van der Waals surface area (Å²) < 4.78 is 0.997. The van der Waals surface area contributed by atoms with Gasteiger partial charge in [-0.3, -0.25) is 4.90 Å². The number of carbonyl (C=O) groups excluding carboxylic acids is 1. The van der Waals surface area contributed by atoms with E-state index in [2.05, 4.69) is 34.2 Å². The fourth-order valence-electron chi connectivity index (χ4n) is 2.43. The minimum atomic E-state index is -0.0754. The number of hydrogen-bond donors (Lipinski definition) is 1. The largest absolute Gasteiger partial charge is 0.326 e. The number of carbonyl (C=O) groups is 1. The molecule has 0 radical (unpaired) electrons. The lowest BCUT2D eigenvalue weighted by atomic mass is 10.2. The average molecular weight is 377 g/mol. The van der Waals surface area contributed by atoms with E-state index in [0.29, 0.717) is 5.25 Å². The highest BCUT2D eigenvalue weighted by atomic mass is 79.9.